The van der Waals surface area contributed by atoms with Gasteiger partial charge in [-0.25, -0.2) is 0 Å². The first-order chi connectivity index (χ1) is 9.05. The van der Waals surface area contributed by atoms with Gasteiger partial charge in [0.1, 0.15) is 0 Å². The summed E-state index contributed by atoms with van der Waals surface area (Å²) in [6, 6.07) is 4.07. The van der Waals surface area contributed by atoms with Crippen molar-refractivity contribution >= 4 is 33.2 Å². The molecule has 0 amide bonds. The molecule has 0 aliphatic heterocycles. The van der Waals surface area contributed by atoms with Gasteiger partial charge in [0.15, 0.2) is 0 Å². The van der Waals surface area contributed by atoms with Crippen molar-refractivity contribution in [3.05, 3.63) is 20.8 Å². The lowest BCUT2D eigenvalue weighted by molar-refractivity contribution is -0.151. The zero-order valence-corrected chi connectivity index (χ0v) is 13.7. The van der Waals surface area contributed by atoms with E-state index in [2.05, 4.69) is 28.9 Å². The molecule has 0 radical (unpaired) electrons. The molecule has 0 atom stereocenters. The second kappa shape index (κ2) is 6.40. The van der Waals surface area contributed by atoms with Crippen LogP contribution >= 0.6 is 27.3 Å². The molecular weight excluding hydrogens is 324 g/mol. The van der Waals surface area contributed by atoms with Gasteiger partial charge in [-0.15, -0.1) is 11.3 Å². The summed E-state index contributed by atoms with van der Waals surface area (Å²) < 4.78 is 1.09. The van der Waals surface area contributed by atoms with Gasteiger partial charge in [0.2, 0.25) is 0 Å². The predicted molar refractivity (Wildman–Crippen MR) is 82.7 cm³/mol. The van der Waals surface area contributed by atoms with Gasteiger partial charge >= 0.3 is 5.97 Å². The highest BCUT2D eigenvalue weighted by molar-refractivity contribution is 9.11. The van der Waals surface area contributed by atoms with Crippen LogP contribution in [0.4, 0.5) is 0 Å². The van der Waals surface area contributed by atoms with Gasteiger partial charge in [-0.3, -0.25) is 4.79 Å². The summed E-state index contributed by atoms with van der Waals surface area (Å²) in [5, 5.41) is 9.67. The molecule has 1 saturated carbocycles. The van der Waals surface area contributed by atoms with Crippen molar-refractivity contribution in [1.29, 1.82) is 0 Å². The molecule has 0 spiro atoms. The van der Waals surface area contributed by atoms with E-state index in [1.54, 1.807) is 11.3 Å². The molecule has 0 bridgehead atoms. The summed E-state index contributed by atoms with van der Waals surface area (Å²) in [5.41, 5.74) is -0.519. The highest BCUT2D eigenvalue weighted by Gasteiger charge is 2.42. The van der Waals surface area contributed by atoms with Gasteiger partial charge in [0, 0.05) is 4.88 Å². The topological polar surface area (TPSA) is 37.3 Å². The normalized spacial score (nSPS) is 27.4. The van der Waals surface area contributed by atoms with Crippen LogP contribution in [0.1, 0.15) is 50.3 Å². The summed E-state index contributed by atoms with van der Waals surface area (Å²) in [6.07, 6.45) is 6.98. The Morgan fingerprint density at radius 1 is 1.47 bits per heavy atom. The third-order valence-corrected chi connectivity index (χ3v) is 5.98. The molecule has 2 rings (SSSR count). The molecule has 4 heteroatoms. The van der Waals surface area contributed by atoms with E-state index in [0.717, 1.165) is 35.4 Å². The standard InChI is InChI=1S/C15H21BrO2S/c1-2-3-11-6-8-15(9-7-11,14(17)18)10-12-4-5-13(16)19-12/h4-5,11H,2-3,6-10H2,1H3,(H,17,18). The number of carboxylic acids is 1. The maximum absolute atomic E-state index is 11.7. The average Bonchev–Trinajstić information content (AvgIpc) is 2.77. The van der Waals surface area contributed by atoms with Gasteiger partial charge in [-0.1, -0.05) is 19.8 Å². The van der Waals surface area contributed by atoms with Crippen LogP contribution in [0.5, 0.6) is 0 Å². The Balaban J connectivity index is 2.06. The molecule has 1 heterocycles. The lowest BCUT2D eigenvalue weighted by atomic mass is 9.67. The van der Waals surface area contributed by atoms with Gasteiger partial charge in [0.25, 0.3) is 0 Å². The van der Waals surface area contributed by atoms with Crippen LogP contribution < -0.4 is 0 Å². The fourth-order valence-corrected chi connectivity index (χ4v) is 4.80. The number of carbonyl (C=O) groups is 1. The Bertz CT molecular complexity index is 433. The second-order valence-electron chi connectivity index (χ2n) is 5.70. The van der Waals surface area contributed by atoms with Crippen molar-refractivity contribution in [2.24, 2.45) is 11.3 Å². The summed E-state index contributed by atoms with van der Waals surface area (Å²) in [5.74, 6) is 0.138. The molecule has 1 fully saturated rings. The van der Waals surface area contributed by atoms with Crippen LogP contribution in [0.25, 0.3) is 0 Å². The SMILES string of the molecule is CCCC1CCC(Cc2ccc(Br)s2)(C(=O)O)CC1. The van der Waals surface area contributed by atoms with Crippen LogP contribution in [-0.4, -0.2) is 11.1 Å². The minimum Gasteiger partial charge on any atom is -0.481 e. The van der Waals surface area contributed by atoms with Gasteiger partial charge in [-0.2, -0.15) is 0 Å². The molecule has 1 aliphatic carbocycles. The van der Waals surface area contributed by atoms with E-state index in [0.29, 0.717) is 6.42 Å². The third-order valence-electron chi connectivity index (χ3n) is 4.35. The lowest BCUT2D eigenvalue weighted by Crippen LogP contribution is -2.37. The fraction of sp³-hybridized carbons (Fsp3) is 0.667. The monoisotopic (exact) mass is 344 g/mol. The van der Waals surface area contributed by atoms with Crippen LogP contribution in [0.15, 0.2) is 15.9 Å². The number of aliphatic carboxylic acids is 1. The first-order valence-corrected chi connectivity index (χ1v) is 8.64. The highest BCUT2D eigenvalue weighted by Crippen LogP contribution is 2.44. The lowest BCUT2D eigenvalue weighted by Gasteiger charge is -2.36. The van der Waals surface area contributed by atoms with Gasteiger partial charge in [-0.05, 0) is 66.1 Å². The molecule has 1 aromatic heterocycles. The van der Waals surface area contributed by atoms with Crippen molar-refractivity contribution in [2.75, 3.05) is 0 Å². The van der Waals surface area contributed by atoms with Crippen LogP contribution in [0.3, 0.4) is 0 Å². The molecule has 0 saturated heterocycles. The minimum atomic E-state index is -0.605. The molecule has 0 unspecified atom stereocenters. The first kappa shape index (κ1) is 15.0. The molecule has 106 valence electrons. The van der Waals surface area contributed by atoms with E-state index in [1.165, 1.54) is 17.7 Å². The summed E-state index contributed by atoms with van der Waals surface area (Å²) in [4.78, 5) is 12.9. The Hall–Kier alpha value is -0.350. The summed E-state index contributed by atoms with van der Waals surface area (Å²) in [6.45, 7) is 2.21. The second-order valence-corrected chi connectivity index (χ2v) is 8.25. The molecule has 1 aromatic rings. The number of thiophene rings is 1. The van der Waals surface area contributed by atoms with Crippen molar-refractivity contribution in [3.63, 3.8) is 0 Å². The van der Waals surface area contributed by atoms with E-state index in [1.807, 2.05) is 6.07 Å². The number of hydrogen-bond acceptors (Lipinski definition) is 2. The molecule has 0 aromatic carbocycles. The number of carboxylic acid groups (broad SMARTS) is 1. The first-order valence-electron chi connectivity index (χ1n) is 7.03. The van der Waals surface area contributed by atoms with Crippen molar-refractivity contribution < 1.29 is 9.90 Å². The molecular formula is C15H21BrO2S. The average molecular weight is 345 g/mol. The van der Waals surface area contributed by atoms with E-state index in [4.69, 9.17) is 0 Å². The number of hydrogen-bond donors (Lipinski definition) is 1. The van der Waals surface area contributed by atoms with E-state index < -0.39 is 11.4 Å². The fourth-order valence-electron chi connectivity index (χ4n) is 3.17. The Labute approximate surface area is 127 Å². The van der Waals surface area contributed by atoms with Crippen LogP contribution in [0, 0.1) is 11.3 Å². The molecule has 19 heavy (non-hydrogen) atoms. The van der Waals surface area contributed by atoms with E-state index in [-0.39, 0.29) is 0 Å². The quantitative estimate of drug-likeness (QED) is 0.805. The van der Waals surface area contributed by atoms with Crippen molar-refractivity contribution in [1.82, 2.24) is 0 Å². The van der Waals surface area contributed by atoms with Crippen LogP contribution in [-0.2, 0) is 11.2 Å². The maximum atomic E-state index is 11.7. The summed E-state index contributed by atoms with van der Waals surface area (Å²) >= 11 is 5.11. The molecule has 1 aliphatic rings. The minimum absolute atomic E-state index is 0.519. The highest BCUT2D eigenvalue weighted by atomic mass is 79.9. The predicted octanol–water partition coefficient (Wildman–Crippen LogP) is 5.11. The van der Waals surface area contributed by atoms with Crippen molar-refractivity contribution in [3.8, 4) is 0 Å². The number of rotatable bonds is 5. The van der Waals surface area contributed by atoms with Crippen LogP contribution in [0.2, 0.25) is 0 Å². The van der Waals surface area contributed by atoms with E-state index >= 15 is 0 Å². The maximum Gasteiger partial charge on any atom is 0.309 e. The Morgan fingerprint density at radius 3 is 2.63 bits per heavy atom. The largest absolute Gasteiger partial charge is 0.481 e. The zero-order valence-electron chi connectivity index (χ0n) is 11.3. The Morgan fingerprint density at radius 2 is 2.16 bits per heavy atom. The van der Waals surface area contributed by atoms with Gasteiger partial charge in [0.05, 0.1) is 9.20 Å². The Kier molecular flexibility index (Phi) is 5.07. The van der Waals surface area contributed by atoms with Gasteiger partial charge < -0.3 is 5.11 Å². The van der Waals surface area contributed by atoms with E-state index in [9.17, 15) is 9.90 Å². The zero-order chi connectivity index (χ0) is 13.9. The molecule has 2 nitrogen and oxygen atoms in total. The molecule has 1 N–H and O–H groups in total. The smallest absolute Gasteiger partial charge is 0.309 e. The summed E-state index contributed by atoms with van der Waals surface area (Å²) in [7, 11) is 0. The third kappa shape index (κ3) is 3.60. The number of halogens is 1. The van der Waals surface area contributed by atoms with Crippen molar-refractivity contribution in [2.45, 2.75) is 51.9 Å².